The van der Waals surface area contributed by atoms with E-state index in [1.54, 1.807) is 105 Å². The van der Waals surface area contributed by atoms with Gasteiger partial charge in [-0.15, -0.1) is 0 Å². The highest BCUT2D eigenvalue weighted by Crippen LogP contribution is 2.37. The number of fused-ring (bicyclic) bond motifs is 4. The molecular formula is C107H104F4N28O8. The maximum absolute atomic E-state index is 13.6. The number of pyridine rings is 8. The molecule has 7 fully saturated rings. The Morgan fingerprint density at radius 3 is 0.905 bits per heavy atom. The molecule has 0 aliphatic carbocycles. The van der Waals surface area contributed by atoms with Gasteiger partial charge in [-0.3, -0.25) is 88.5 Å². The SMILES string of the molecule is Nc1cncc(-c2ccc3[nH]nc(C(=O)Nc4ccc(C(=O)N5CCCC5)nc4)c3c2)c1.O=C(Nc1ccc(C(=O)N2CCCC2)nc1)c1n[nH]c2ccc(-c3cncc(CN4CCC(F)(F)C4)c3)cc12.O=C(Nc1ccc(C(=O)N2CCCC2)nc1)c1n[nH]c2ccc(-c3cncc(CN4CCC(F)(F)CC4)c3)cc12.O=C(Nc1ccc(C(=O)N2CCCC2)nc1)c1n[nH]c2ccc(-c3cncc(N4CCCC4)c3)cc12. The Morgan fingerprint density at radius 1 is 0.299 bits per heavy atom. The molecule has 0 radical (unpaired) electrons. The Bertz CT molecular complexity index is 7570. The minimum absolute atomic E-state index is 0.0699. The second kappa shape index (κ2) is 43.2. The van der Waals surface area contributed by atoms with Crippen molar-refractivity contribution in [1.82, 2.24) is 110 Å². The van der Waals surface area contributed by atoms with Gasteiger partial charge in [0.15, 0.2) is 22.8 Å². The van der Waals surface area contributed by atoms with Crippen LogP contribution in [-0.4, -0.2) is 261 Å². The van der Waals surface area contributed by atoms with Gasteiger partial charge in [-0.25, -0.2) is 37.5 Å². The number of hydrogen-bond acceptors (Lipinski definition) is 24. The molecule has 0 atom stereocenters. The molecule has 10 N–H and O–H groups in total. The van der Waals surface area contributed by atoms with Crippen LogP contribution in [0.4, 0.5) is 51.7 Å². The monoisotopic (exact) mass is 1980 g/mol. The van der Waals surface area contributed by atoms with Crippen molar-refractivity contribution in [3.05, 3.63) is 277 Å². The summed E-state index contributed by atoms with van der Waals surface area (Å²) in [5.74, 6) is -7.11. The number of anilines is 6. The third-order valence-corrected chi connectivity index (χ3v) is 27.2. The summed E-state index contributed by atoms with van der Waals surface area (Å²) >= 11 is 0. The lowest BCUT2D eigenvalue weighted by Crippen LogP contribution is -2.38. The normalized spacial score (nSPS) is 16.0. The van der Waals surface area contributed by atoms with Crippen molar-refractivity contribution in [2.45, 2.75) is 108 Å². The standard InChI is InChI=1S/C29H29F2N7O2.C28H27F2N7O2.C27H27N7O2.C23H21N7O2/c30-29(31)7-11-37(12-8-29)18-19-13-21(16-32-15-19)20-3-5-24-23(14-20)26(36-35-24)27(39)34-22-4-6-25(33-17-22)28(40)38-9-1-2-10-38;29-28(30)7-10-36(17-28)16-18-11-20(14-31-13-18)19-3-5-23-22(12-19)25(35-34-23)26(38)33-21-4-6-24(32-15-21)27(39)37-8-1-2-9-37;35-26(30-20-6-8-24(29-16-20)27(36)34-11-3-4-12-34)25-22-14-18(5-7-23(22)31-32-25)19-13-21(17-28-15-19)33-9-1-2-10-33;24-16-9-15(11-25-12-16)14-3-5-19-18(10-14)21(29-28-19)22(31)27-17-4-6-20(26-13-17)23(32)30-7-1-2-8-30/h3-6,13-17H,1-2,7-12,18H2,(H,34,39)(H,35,36);3-6,11-15H,1-2,7-10,16-17H2,(H,33,38)(H,34,35);5-8,13-17H,1-4,9-12H2,(H,30,35)(H,31,32);3-6,9-13H,1-2,7-8,24H2,(H,27,31)(H,28,29). The van der Waals surface area contributed by atoms with Crippen LogP contribution in [0, 0.1) is 0 Å². The molecule has 7 aliphatic rings. The zero-order chi connectivity index (χ0) is 101. The highest BCUT2D eigenvalue weighted by atomic mass is 19.3. The Hall–Kier alpha value is -17.0. The molecule has 8 amide bonds. The van der Waals surface area contributed by atoms with E-state index >= 15 is 0 Å². The van der Waals surface area contributed by atoms with Crippen LogP contribution in [-0.2, 0) is 13.1 Å². The molecule has 0 spiro atoms. The number of hydrogen-bond donors (Lipinski definition) is 9. The van der Waals surface area contributed by atoms with Crippen molar-refractivity contribution in [3.63, 3.8) is 0 Å². The van der Waals surface area contributed by atoms with Crippen LogP contribution in [0.2, 0.25) is 0 Å². The number of nitrogens with zero attached hydrogens (tertiary/aromatic N) is 19. The second-order valence-electron chi connectivity index (χ2n) is 37.6. The molecule has 0 saturated carbocycles. The summed E-state index contributed by atoms with van der Waals surface area (Å²) in [6, 6.07) is 43.9. The van der Waals surface area contributed by atoms with Crippen molar-refractivity contribution in [2.75, 3.05) is 124 Å². The fourth-order valence-electron chi connectivity index (χ4n) is 19.2. The average Bonchev–Trinajstić information content (AvgIpc) is 1.66. The summed E-state index contributed by atoms with van der Waals surface area (Å²) in [4.78, 5) is 150. The van der Waals surface area contributed by atoms with Crippen molar-refractivity contribution in [3.8, 4) is 44.5 Å². The maximum Gasteiger partial charge on any atom is 0.276 e. The molecule has 7 aliphatic heterocycles. The zero-order valence-corrected chi connectivity index (χ0v) is 80.1. The largest absolute Gasteiger partial charge is 0.397 e. The fourth-order valence-corrected chi connectivity index (χ4v) is 19.2. The van der Waals surface area contributed by atoms with Gasteiger partial charge >= 0.3 is 0 Å². The molecule has 7 saturated heterocycles. The van der Waals surface area contributed by atoms with Gasteiger partial charge in [-0.1, -0.05) is 24.3 Å². The number of benzene rings is 4. The minimum Gasteiger partial charge on any atom is -0.397 e. The summed E-state index contributed by atoms with van der Waals surface area (Å²) < 4.78 is 54.2. The molecule has 16 aromatic rings. The number of aromatic nitrogens is 16. The van der Waals surface area contributed by atoms with Crippen LogP contribution in [0.1, 0.15) is 179 Å². The number of halogens is 4. The van der Waals surface area contributed by atoms with Gasteiger partial charge in [0.1, 0.15) is 22.8 Å². The first kappa shape index (κ1) is 97.4. The van der Waals surface area contributed by atoms with E-state index in [1.165, 1.54) is 37.6 Å². The third-order valence-electron chi connectivity index (χ3n) is 27.2. The lowest BCUT2D eigenvalue weighted by Gasteiger charge is -2.31. The smallest absolute Gasteiger partial charge is 0.276 e. The summed E-state index contributed by atoms with van der Waals surface area (Å²) in [5, 5.41) is 42.4. The van der Waals surface area contributed by atoms with Crippen molar-refractivity contribution in [1.29, 1.82) is 0 Å². The first-order valence-corrected chi connectivity index (χ1v) is 49.1. The summed E-state index contributed by atoms with van der Waals surface area (Å²) in [5.41, 5.74) is 23.6. The Labute approximate surface area is 839 Å². The van der Waals surface area contributed by atoms with E-state index in [4.69, 9.17) is 5.73 Å². The van der Waals surface area contributed by atoms with E-state index in [2.05, 4.69) is 113 Å². The molecular weight excluding hydrogens is 1880 g/mol. The van der Waals surface area contributed by atoms with Gasteiger partial charge in [0.25, 0.3) is 59.1 Å². The maximum atomic E-state index is 13.6. The van der Waals surface area contributed by atoms with Gasteiger partial charge in [-0.2, -0.15) is 20.4 Å². The first-order chi connectivity index (χ1) is 71.4. The highest BCUT2D eigenvalue weighted by Gasteiger charge is 2.39. The topological polar surface area (TPSA) is 451 Å². The predicted molar refractivity (Wildman–Crippen MR) is 547 cm³/mol. The number of H-pyrrole nitrogens is 4. The molecule has 23 rings (SSSR count). The Kier molecular flexibility index (Phi) is 28.7. The average molecular weight is 1990 g/mol. The number of aromatic amines is 4. The van der Waals surface area contributed by atoms with Gasteiger partial charge in [0.05, 0.1) is 93.7 Å². The van der Waals surface area contributed by atoms with Crippen LogP contribution in [0.5, 0.6) is 0 Å². The number of piperidine rings is 1. The van der Waals surface area contributed by atoms with Gasteiger partial charge < -0.3 is 51.5 Å². The number of nitrogens with one attached hydrogen (secondary N) is 8. The van der Waals surface area contributed by atoms with Gasteiger partial charge in [0, 0.05) is 205 Å². The molecule has 147 heavy (non-hydrogen) atoms. The number of nitrogens with two attached hydrogens (primary N) is 1. The number of likely N-dealkylation sites (tertiary alicyclic amines) is 6. The predicted octanol–water partition coefficient (Wildman–Crippen LogP) is 16.3. The van der Waals surface area contributed by atoms with E-state index in [9.17, 15) is 55.9 Å². The van der Waals surface area contributed by atoms with E-state index in [1.807, 2.05) is 113 Å². The molecule has 40 heteroatoms. The lowest BCUT2D eigenvalue weighted by atomic mass is 10.0. The molecule has 0 unspecified atom stereocenters. The van der Waals surface area contributed by atoms with E-state index in [0.29, 0.717) is 117 Å². The van der Waals surface area contributed by atoms with Crippen molar-refractivity contribution < 1.29 is 55.9 Å². The minimum atomic E-state index is -2.64. The van der Waals surface area contributed by atoms with E-state index in [0.717, 1.165) is 195 Å². The van der Waals surface area contributed by atoms with Crippen molar-refractivity contribution >= 4 is 125 Å². The summed E-state index contributed by atoms with van der Waals surface area (Å²) in [6.45, 7) is 9.90. The van der Waals surface area contributed by atoms with Crippen LogP contribution in [0.3, 0.4) is 0 Å². The molecule has 12 aromatic heterocycles. The number of alkyl halides is 4. The third kappa shape index (κ3) is 22.9. The van der Waals surface area contributed by atoms with Crippen LogP contribution < -0.4 is 31.9 Å². The van der Waals surface area contributed by atoms with E-state index < -0.39 is 23.7 Å². The molecule has 36 nitrogen and oxygen atoms in total. The highest BCUT2D eigenvalue weighted by molar-refractivity contribution is 6.15. The molecule has 4 aromatic carbocycles. The quantitative estimate of drug-likeness (QED) is 0.0302. The van der Waals surface area contributed by atoms with Gasteiger partial charge in [-0.05, 0) is 219 Å². The van der Waals surface area contributed by atoms with E-state index in [-0.39, 0.29) is 78.3 Å². The van der Waals surface area contributed by atoms with Crippen LogP contribution in [0.15, 0.2) is 220 Å². The van der Waals surface area contributed by atoms with Gasteiger partial charge in [0.2, 0.25) is 0 Å². The number of carbonyl (C=O) groups excluding carboxylic acids is 8. The Morgan fingerprint density at radius 2 is 0.592 bits per heavy atom. The number of nitrogen functional groups attached to an aromatic ring is 1. The summed E-state index contributed by atoms with van der Waals surface area (Å²) in [7, 11) is 0. The molecule has 19 heterocycles. The van der Waals surface area contributed by atoms with Crippen LogP contribution in [0.25, 0.3) is 88.1 Å². The molecule has 748 valence electrons. The first-order valence-electron chi connectivity index (χ1n) is 49.1. The number of rotatable bonds is 21. The Balaban J connectivity index is 0.000000119. The summed E-state index contributed by atoms with van der Waals surface area (Å²) in [6.07, 6.45) is 30.0. The zero-order valence-electron chi connectivity index (χ0n) is 80.1. The fraction of sp³-hybridized carbons (Fsp3) is 0.290. The van der Waals surface area contributed by atoms with Crippen LogP contribution >= 0.6 is 0 Å². The number of carbonyl (C=O) groups is 8. The van der Waals surface area contributed by atoms with Crippen molar-refractivity contribution in [2.24, 2.45) is 0 Å². The second-order valence-corrected chi connectivity index (χ2v) is 37.6. The molecule has 0 bridgehead atoms. The lowest BCUT2D eigenvalue weighted by molar-refractivity contribution is -0.0567. The number of amides is 8.